The van der Waals surface area contributed by atoms with Crippen molar-refractivity contribution < 1.29 is 28.9 Å². The van der Waals surface area contributed by atoms with E-state index in [0.29, 0.717) is 41.2 Å². The van der Waals surface area contributed by atoms with Gasteiger partial charge in [0.25, 0.3) is 0 Å². The number of phenolic OH excluding ortho intramolecular Hbond substituents is 1. The van der Waals surface area contributed by atoms with Crippen LogP contribution < -0.4 is 10.1 Å². The largest absolute Gasteiger partial charge is 0.504 e. The number of ether oxygens (including phenoxy) is 3. The Kier molecular flexibility index (Phi) is 5.81. The highest BCUT2D eigenvalue weighted by Crippen LogP contribution is 2.44. The van der Waals surface area contributed by atoms with Crippen molar-refractivity contribution in [3.63, 3.8) is 0 Å². The zero-order chi connectivity index (χ0) is 21.3. The molecule has 0 bridgehead atoms. The molecule has 4 rings (SSSR count). The average Bonchev–Trinajstić information content (AvgIpc) is 3.25. The number of hydrogen-bond acceptors (Lipinski definition) is 7. The normalized spacial score (nSPS) is 23.9. The second-order valence-corrected chi connectivity index (χ2v) is 7.93. The van der Waals surface area contributed by atoms with E-state index >= 15 is 0 Å². The van der Waals surface area contributed by atoms with Crippen molar-refractivity contribution in [2.45, 2.75) is 51.0 Å². The first-order valence-corrected chi connectivity index (χ1v) is 10.4. The number of Topliss-reactive ketones (excluding diaryl/α,β-unsaturated/α-hetero) is 1. The van der Waals surface area contributed by atoms with Crippen molar-refractivity contribution in [1.82, 2.24) is 5.32 Å². The lowest BCUT2D eigenvalue weighted by Crippen LogP contribution is -2.35. The van der Waals surface area contributed by atoms with Crippen molar-refractivity contribution in [2.75, 3.05) is 20.3 Å². The van der Waals surface area contributed by atoms with Crippen LogP contribution in [0.1, 0.15) is 50.5 Å². The topological polar surface area (TPSA) is 94.1 Å². The first-order chi connectivity index (χ1) is 14.5. The van der Waals surface area contributed by atoms with Crippen LogP contribution in [0.3, 0.4) is 0 Å². The Balaban J connectivity index is 1.71. The van der Waals surface area contributed by atoms with Gasteiger partial charge in [-0.2, -0.15) is 0 Å². The molecule has 1 aromatic carbocycles. The Morgan fingerprint density at radius 2 is 2.13 bits per heavy atom. The van der Waals surface area contributed by atoms with Gasteiger partial charge in [-0.1, -0.05) is 6.07 Å². The highest BCUT2D eigenvalue weighted by molar-refractivity contribution is 6.03. The second-order valence-electron chi connectivity index (χ2n) is 7.93. The van der Waals surface area contributed by atoms with Gasteiger partial charge in [0.15, 0.2) is 17.3 Å². The fourth-order valence-electron chi connectivity index (χ4n) is 4.50. The molecule has 2 atom stereocenters. The maximum atomic E-state index is 13.1. The zero-order valence-electron chi connectivity index (χ0n) is 17.3. The molecule has 7 nitrogen and oxygen atoms in total. The molecule has 3 aliphatic rings. The highest BCUT2D eigenvalue weighted by atomic mass is 16.6. The molecule has 30 heavy (non-hydrogen) atoms. The molecule has 0 amide bonds. The molecule has 160 valence electrons. The summed E-state index contributed by atoms with van der Waals surface area (Å²) < 4.78 is 16.3. The standard InChI is InChI=1S/C23H27NO6/c1-13-20(23(27)30-12-15-5-4-10-29-15)21(14-8-9-19(28-2)18(26)11-14)22-16(24-13)6-3-7-17(22)25/h8-9,11,15,21,24,26H,3-7,10,12H2,1-2H3/t15-,21-/m1/s1. The van der Waals surface area contributed by atoms with E-state index in [2.05, 4.69) is 5.32 Å². The SMILES string of the molecule is COc1ccc([C@@H]2C(C(=O)OC[C@H]3CCCO3)=C(C)NC3=C2C(=O)CCC3)cc1O. The van der Waals surface area contributed by atoms with Gasteiger partial charge in [-0.25, -0.2) is 4.79 Å². The Bertz CT molecular complexity index is 926. The molecule has 1 aromatic rings. The van der Waals surface area contributed by atoms with E-state index in [4.69, 9.17) is 14.2 Å². The first-order valence-electron chi connectivity index (χ1n) is 10.4. The molecule has 0 radical (unpaired) electrons. The number of carbonyl (C=O) groups is 2. The predicted molar refractivity (Wildman–Crippen MR) is 109 cm³/mol. The predicted octanol–water partition coefficient (Wildman–Crippen LogP) is 3.09. The number of esters is 1. The molecule has 1 saturated heterocycles. The van der Waals surface area contributed by atoms with E-state index in [-0.39, 0.29) is 24.2 Å². The molecular weight excluding hydrogens is 386 g/mol. The Morgan fingerprint density at radius 3 is 2.83 bits per heavy atom. The quantitative estimate of drug-likeness (QED) is 0.717. The van der Waals surface area contributed by atoms with Crippen molar-refractivity contribution in [1.29, 1.82) is 0 Å². The lowest BCUT2D eigenvalue weighted by Gasteiger charge is -2.34. The number of ketones is 1. The summed E-state index contributed by atoms with van der Waals surface area (Å²) >= 11 is 0. The molecule has 2 heterocycles. The zero-order valence-corrected chi connectivity index (χ0v) is 17.3. The number of aromatic hydroxyl groups is 1. The van der Waals surface area contributed by atoms with Crippen molar-refractivity contribution in [3.05, 3.63) is 46.3 Å². The van der Waals surface area contributed by atoms with Crippen LogP contribution in [-0.4, -0.2) is 43.3 Å². The van der Waals surface area contributed by atoms with Crippen LogP contribution in [0.5, 0.6) is 11.5 Å². The molecule has 0 spiro atoms. The number of nitrogens with one attached hydrogen (secondary N) is 1. The molecular formula is C23H27NO6. The average molecular weight is 413 g/mol. The minimum Gasteiger partial charge on any atom is -0.504 e. The highest BCUT2D eigenvalue weighted by Gasteiger charge is 2.39. The van der Waals surface area contributed by atoms with Crippen LogP contribution in [-0.2, 0) is 19.1 Å². The minimum atomic E-state index is -0.595. The number of methoxy groups -OCH3 is 1. The Morgan fingerprint density at radius 1 is 1.30 bits per heavy atom. The summed E-state index contributed by atoms with van der Waals surface area (Å²) in [4.78, 5) is 26.0. The van der Waals surface area contributed by atoms with Crippen LogP contribution in [0.25, 0.3) is 0 Å². The van der Waals surface area contributed by atoms with E-state index in [1.54, 1.807) is 18.2 Å². The van der Waals surface area contributed by atoms with E-state index in [1.807, 2.05) is 6.92 Å². The molecule has 7 heteroatoms. The maximum absolute atomic E-state index is 13.1. The van der Waals surface area contributed by atoms with Gasteiger partial charge in [-0.15, -0.1) is 0 Å². The number of carbonyl (C=O) groups excluding carboxylic acids is 2. The molecule has 2 N–H and O–H groups in total. The van der Waals surface area contributed by atoms with Crippen LogP contribution in [0.15, 0.2) is 40.7 Å². The van der Waals surface area contributed by atoms with E-state index < -0.39 is 11.9 Å². The van der Waals surface area contributed by atoms with Crippen LogP contribution in [0, 0.1) is 0 Å². The Labute approximate surface area is 175 Å². The van der Waals surface area contributed by atoms with Crippen molar-refractivity contribution in [2.24, 2.45) is 0 Å². The third-order valence-corrected chi connectivity index (χ3v) is 5.96. The summed E-state index contributed by atoms with van der Waals surface area (Å²) in [5.74, 6) is -0.756. The summed E-state index contributed by atoms with van der Waals surface area (Å²) in [5, 5.41) is 13.6. The van der Waals surface area contributed by atoms with Gasteiger partial charge in [-0.05, 0) is 50.3 Å². The molecule has 0 saturated carbocycles. The fourth-order valence-corrected chi connectivity index (χ4v) is 4.50. The number of benzene rings is 1. The summed E-state index contributed by atoms with van der Waals surface area (Å²) in [7, 11) is 1.47. The Hall–Kier alpha value is -2.80. The van der Waals surface area contributed by atoms with Gasteiger partial charge in [0.1, 0.15) is 6.61 Å². The lowest BCUT2D eigenvalue weighted by atomic mass is 9.75. The van der Waals surface area contributed by atoms with Gasteiger partial charge >= 0.3 is 5.97 Å². The van der Waals surface area contributed by atoms with Crippen molar-refractivity contribution >= 4 is 11.8 Å². The number of dihydropyridines is 1. The number of rotatable bonds is 5. The van der Waals surface area contributed by atoms with Crippen LogP contribution in [0.4, 0.5) is 0 Å². The van der Waals surface area contributed by atoms with Gasteiger partial charge in [0.05, 0.1) is 18.8 Å². The summed E-state index contributed by atoms with van der Waals surface area (Å²) in [6, 6.07) is 4.98. The van der Waals surface area contributed by atoms with Gasteiger partial charge in [0.2, 0.25) is 0 Å². The van der Waals surface area contributed by atoms with Gasteiger partial charge in [0, 0.05) is 35.9 Å². The summed E-state index contributed by atoms with van der Waals surface area (Å²) in [6.07, 6.45) is 3.71. The number of phenols is 1. The molecule has 0 aromatic heterocycles. The van der Waals surface area contributed by atoms with Crippen molar-refractivity contribution in [3.8, 4) is 11.5 Å². The van der Waals surface area contributed by atoms with E-state index in [0.717, 1.165) is 31.4 Å². The third kappa shape index (κ3) is 3.81. The van der Waals surface area contributed by atoms with Crippen LogP contribution >= 0.6 is 0 Å². The maximum Gasteiger partial charge on any atom is 0.336 e. The minimum absolute atomic E-state index is 0.0148. The number of hydrogen-bond donors (Lipinski definition) is 2. The summed E-state index contributed by atoms with van der Waals surface area (Å²) in [5.41, 5.74) is 3.15. The molecule has 0 unspecified atom stereocenters. The molecule has 1 aliphatic carbocycles. The third-order valence-electron chi connectivity index (χ3n) is 5.96. The van der Waals surface area contributed by atoms with E-state index in [1.165, 1.54) is 7.11 Å². The molecule has 1 fully saturated rings. The van der Waals surface area contributed by atoms with E-state index in [9.17, 15) is 14.7 Å². The smallest absolute Gasteiger partial charge is 0.336 e. The lowest BCUT2D eigenvalue weighted by molar-refractivity contribution is -0.142. The molecule has 2 aliphatic heterocycles. The van der Waals surface area contributed by atoms with Crippen LogP contribution in [0.2, 0.25) is 0 Å². The second kappa shape index (κ2) is 8.52. The van der Waals surface area contributed by atoms with Gasteiger partial charge < -0.3 is 24.6 Å². The number of allylic oxidation sites excluding steroid dienone is 3. The van der Waals surface area contributed by atoms with Gasteiger partial charge in [-0.3, -0.25) is 4.79 Å². The first kappa shape index (κ1) is 20.5. The summed E-state index contributed by atoms with van der Waals surface area (Å²) in [6.45, 7) is 2.70. The monoisotopic (exact) mass is 413 g/mol. The fraction of sp³-hybridized carbons (Fsp3) is 0.478.